The van der Waals surface area contributed by atoms with Crippen LogP contribution in [0.1, 0.15) is 18.4 Å². The summed E-state index contributed by atoms with van der Waals surface area (Å²) in [7, 11) is 0. The third-order valence-corrected chi connectivity index (χ3v) is 3.80. The van der Waals surface area contributed by atoms with Gasteiger partial charge >= 0.3 is 11.9 Å². The molecule has 8 nitrogen and oxygen atoms in total. The first kappa shape index (κ1) is 17.5. The minimum Gasteiger partial charge on any atom is -0.480 e. The van der Waals surface area contributed by atoms with Crippen molar-refractivity contribution in [1.29, 1.82) is 0 Å². The highest BCUT2D eigenvalue weighted by Gasteiger charge is 2.23. The molecule has 0 aliphatic carbocycles. The number of nitrogens with one attached hydrogen (secondary N) is 2. The highest BCUT2D eigenvalue weighted by Crippen LogP contribution is 2.19. The maximum atomic E-state index is 11.9. The minimum atomic E-state index is -1.14. The van der Waals surface area contributed by atoms with Crippen LogP contribution in [0.15, 0.2) is 30.5 Å². The van der Waals surface area contributed by atoms with Crippen molar-refractivity contribution in [3.63, 3.8) is 0 Å². The molecule has 0 aliphatic rings. The van der Waals surface area contributed by atoms with E-state index in [0.29, 0.717) is 0 Å². The Kier molecular flexibility index (Phi) is 5.54. The van der Waals surface area contributed by atoms with Gasteiger partial charge < -0.3 is 26.2 Å². The number of benzene rings is 1. The average Bonchev–Trinajstić information content (AvgIpc) is 2.95. The highest BCUT2D eigenvalue weighted by molar-refractivity contribution is 5.86. The van der Waals surface area contributed by atoms with Crippen LogP contribution in [-0.2, 0) is 20.8 Å². The Morgan fingerprint density at radius 1 is 1.17 bits per heavy atom. The lowest BCUT2D eigenvalue weighted by atomic mass is 10.0. The number of carboxylic acid groups (broad SMARTS) is 2. The summed E-state index contributed by atoms with van der Waals surface area (Å²) in [6, 6.07) is 5.51. The van der Waals surface area contributed by atoms with Gasteiger partial charge in [0, 0.05) is 36.4 Å². The van der Waals surface area contributed by atoms with E-state index in [9.17, 15) is 19.5 Å². The zero-order valence-electron chi connectivity index (χ0n) is 13.0. The second-order valence-electron chi connectivity index (χ2n) is 5.60. The number of para-hydroxylation sites is 1. The van der Waals surface area contributed by atoms with Crippen LogP contribution in [0.4, 0.5) is 0 Å². The molecule has 0 aliphatic heterocycles. The molecular formula is C16H20N3O5+. The number of aromatic amines is 1. The van der Waals surface area contributed by atoms with Gasteiger partial charge in [-0.15, -0.1) is 0 Å². The van der Waals surface area contributed by atoms with Gasteiger partial charge in [-0.3, -0.25) is 4.79 Å². The predicted molar refractivity (Wildman–Crippen MR) is 85.1 cm³/mol. The molecule has 0 fully saturated rings. The summed E-state index contributed by atoms with van der Waals surface area (Å²) in [4.78, 5) is 37.0. The number of quaternary nitrogens is 1. The number of amides is 1. The highest BCUT2D eigenvalue weighted by atomic mass is 16.4. The first-order valence-electron chi connectivity index (χ1n) is 7.51. The number of carbonyl (C=O) groups is 3. The van der Waals surface area contributed by atoms with Crippen molar-refractivity contribution >= 4 is 28.7 Å². The minimum absolute atomic E-state index is 0.0561. The molecule has 2 rings (SSSR count). The van der Waals surface area contributed by atoms with Crippen molar-refractivity contribution in [3.8, 4) is 0 Å². The van der Waals surface area contributed by atoms with Crippen molar-refractivity contribution in [2.45, 2.75) is 31.3 Å². The second kappa shape index (κ2) is 7.60. The smallest absolute Gasteiger partial charge is 0.362 e. The Morgan fingerprint density at radius 3 is 2.54 bits per heavy atom. The van der Waals surface area contributed by atoms with Crippen LogP contribution in [0.3, 0.4) is 0 Å². The monoisotopic (exact) mass is 334 g/mol. The van der Waals surface area contributed by atoms with E-state index in [-0.39, 0.29) is 19.3 Å². The fourth-order valence-corrected chi connectivity index (χ4v) is 2.42. The summed E-state index contributed by atoms with van der Waals surface area (Å²) < 4.78 is 0. The van der Waals surface area contributed by atoms with E-state index >= 15 is 0 Å². The topological polar surface area (TPSA) is 147 Å². The standard InChI is InChI=1S/C16H19N3O5/c17-11(15(21)22)5-6-14(20)19-13(16(23)24)7-9-8-18-12-4-2-1-3-10(9)12/h1-4,8,11,13,18H,5-7,17H2,(H,19,20)(H,21,22)(H,23,24)/p+1. The van der Waals surface area contributed by atoms with Crippen LogP contribution in [0.5, 0.6) is 0 Å². The van der Waals surface area contributed by atoms with Gasteiger partial charge in [-0.25, -0.2) is 9.59 Å². The molecule has 0 saturated heterocycles. The predicted octanol–water partition coefficient (Wildman–Crippen LogP) is -0.245. The van der Waals surface area contributed by atoms with Gasteiger partial charge in [-0.05, 0) is 11.6 Å². The summed E-state index contributed by atoms with van der Waals surface area (Å²) in [5.74, 6) is -2.73. The van der Waals surface area contributed by atoms with Gasteiger partial charge in [0.2, 0.25) is 5.91 Å². The summed E-state index contributed by atoms with van der Waals surface area (Å²) in [6.07, 6.45) is 1.83. The molecule has 128 valence electrons. The number of carboxylic acids is 2. The molecule has 1 amide bonds. The summed E-state index contributed by atoms with van der Waals surface area (Å²) in [5.41, 5.74) is 5.10. The van der Waals surface area contributed by atoms with Crippen molar-refractivity contribution in [1.82, 2.24) is 10.3 Å². The molecule has 2 aromatic rings. The quantitative estimate of drug-likeness (QED) is 0.452. The molecule has 1 aromatic heterocycles. The van der Waals surface area contributed by atoms with Crippen LogP contribution < -0.4 is 11.1 Å². The van der Waals surface area contributed by atoms with Crippen molar-refractivity contribution in [2.24, 2.45) is 0 Å². The van der Waals surface area contributed by atoms with E-state index < -0.39 is 29.9 Å². The number of hydrogen-bond donors (Lipinski definition) is 5. The third kappa shape index (κ3) is 4.32. The average molecular weight is 334 g/mol. The Bertz CT molecular complexity index is 755. The number of aliphatic carboxylic acids is 2. The molecule has 0 spiro atoms. The van der Waals surface area contributed by atoms with Gasteiger partial charge in [-0.2, -0.15) is 0 Å². The zero-order valence-corrected chi connectivity index (χ0v) is 13.0. The number of aromatic nitrogens is 1. The summed E-state index contributed by atoms with van der Waals surface area (Å²) in [6.45, 7) is 0. The van der Waals surface area contributed by atoms with Gasteiger partial charge in [0.1, 0.15) is 6.04 Å². The van der Waals surface area contributed by atoms with Crippen molar-refractivity contribution < 1.29 is 30.3 Å². The van der Waals surface area contributed by atoms with E-state index in [2.05, 4.69) is 16.0 Å². The van der Waals surface area contributed by atoms with E-state index in [1.165, 1.54) is 0 Å². The number of H-pyrrole nitrogens is 1. The van der Waals surface area contributed by atoms with Crippen LogP contribution in [0, 0.1) is 0 Å². The van der Waals surface area contributed by atoms with Crippen LogP contribution in [0.2, 0.25) is 0 Å². The SMILES string of the molecule is [NH3+]C(CCC(=O)NC(Cc1c[nH]c2ccccc12)C(=O)O)C(=O)O. The van der Waals surface area contributed by atoms with Gasteiger partial charge in [0.05, 0.1) is 0 Å². The Balaban J connectivity index is 2.01. The molecule has 24 heavy (non-hydrogen) atoms. The Morgan fingerprint density at radius 2 is 1.88 bits per heavy atom. The van der Waals surface area contributed by atoms with Crippen molar-refractivity contribution in [2.75, 3.05) is 0 Å². The lowest BCUT2D eigenvalue weighted by molar-refractivity contribution is -0.408. The molecule has 0 saturated carbocycles. The van der Waals surface area contributed by atoms with Gasteiger partial charge in [-0.1, -0.05) is 18.2 Å². The van der Waals surface area contributed by atoms with Crippen LogP contribution in [0.25, 0.3) is 10.9 Å². The maximum absolute atomic E-state index is 11.9. The molecule has 8 heteroatoms. The number of hydrogen-bond acceptors (Lipinski definition) is 3. The molecule has 1 aromatic carbocycles. The Hall–Kier alpha value is -2.87. The first-order valence-corrected chi connectivity index (χ1v) is 7.51. The van der Waals surface area contributed by atoms with E-state index in [1.807, 2.05) is 24.3 Å². The summed E-state index contributed by atoms with van der Waals surface area (Å²) >= 11 is 0. The number of fused-ring (bicyclic) bond motifs is 1. The second-order valence-corrected chi connectivity index (χ2v) is 5.60. The lowest BCUT2D eigenvalue weighted by Gasteiger charge is -2.14. The number of rotatable bonds is 8. The molecule has 0 radical (unpaired) electrons. The Labute approximate surface area is 137 Å². The molecule has 2 atom stereocenters. The van der Waals surface area contributed by atoms with Crippen molar-refractivity contribution in [3.05, 3.63) is 36.0 Å². The van der Waals surface area contributed by atoms with Crippen LogP contribution >= 0.6 is 0 Å². The molecule has 2 unspecified atom stereocenters. The van der Waals surface area contributed by atoms with E-state index in [4.69, 9.17) is 5.11 Å². The lowest BCUT2D eigenvalue weighted by Crippen LogP contribution is -2.65. The zero-order chi connectivity index (χ0) is 17.7. The van der Waals surface area contributed by atoms with E-state index in [1.54, 1.807) is 6.20 Å². The molecule has 7 N–H and O–H groups in total. The third-order valence-electron chi connectivity index (χ3n) is 3.80. The van der Waals surface area contributed by atoms with Gasteiger partial charge in [0.15, 0.2) is 6.04 Å². The molecular weight excluding hydrogens is 314 g/mol. The summed E-state index contributed by atoms with van der Waals surface area (Å²) in [5, 5.41) is 21.4. The fraction of sp³-hybridized carbons (Fsp3) is 0.312. The number of carbonyl (C=O) groups excluding carboxylic acids is 1. The van der Waals surface area contributed by atoms with E-state index in [0.717, 1.165) is 16.5 Å². The fourth-order valence-electron chi connectivity index (χ4n) is 2.42. The maximum Gasteiger partial charge on any atom is 0.362 e. The van der Waals surface area contributed by atoms with Gasteiger partial charge in [0.25, 0.3) is 0 Å². The van der Waals surface area contributed by atoms with Crippen LogP contribution in [-0.4, -0.2) is 45.1 Å². The first-order chi connectivity index (χ1) is 11.4. The molecule has 0 bridgehead atoms. The largest absolute Gasteiger partial charge is 0.480 e. The molecule has 1 heterocycles. The normalized spacial score (nSPS) is 13.4.